The average molecular weight is 371 g/mol. The Morgan fingerprint density at radius 1 is 1.23 bits per heavy atom. The molecule has 2 heterocycles. The van der Waals surface area contributed by atoms with Crippen LogP contribution in [0.3, 0.4) is 0 Å². The summed E-state index contributed by atoms with van der Waals surface area (Å²) in [4.78, 5) is 16.7. The molecule has 0 spiro atoms. The molecule has 3 rings (SSSR count). The molecule has 7 heteroatoms. The van der Waals surface area contributed by atoms with Crippen molar-refractivity contribution in [3.05, 3.63) is 70.1 Å². The molecular formula is C19H19ClN4O2. The number of benzene rings is 1. The summed E-state index contributed by atoms with van der Waals surface area (Å²) in [7, 11) is 1.74. The van der Waals surface area contributed by atoms with E-state index in [1.807, 2.05) is 37.3 Å². The summed E-state index contributed by atoms with van der Waals surface area (Å²) in [6.45, 7) is 4.02. The number of halogens is 1. The number of pyridine rings is 1. The maximum Gasteiger partial charge on any atom is 0.273 e. The van der Waals surface area contributed by atoms with E-state index >= 15 is 0 Å². The monoisotopic (exact) mass is 370 g/mol. The van der Waals surface area contributed by atoms with E-state index in [1.54, 1.807) is 30.9 Å². The highest BCUT2D eigenvalue weighted by molar-refractivity contribution is 6.34. The Morgan fingerprint density at radius 2 is 2.00 bits per heavy atom. The molecule has 134 valence electrons. The van der Waals surface area contributed by atoms with E-state index in [-0.39, 0.29) is 18.1 Å². The molecule has 3 aromatic rings. The van der Waals surface area contributed by atoms with Crippen molar-refractivity contribution < 1.29 is 9.53 Å². The molecule has 6 nitrogen and oxygen atoms in total. The van der Waals surface area contributed by atoms with E-state index in [2.05, 4.69) is 15.4 Å². The molecule has 0 aliphatic rings. The minimum Gasteiger partial charge on any atom is -0.438 e. The van der Waals surface area contributed by atoms with Crippen LogP contribution in [0.4, 0.5) is 0 Å². The van der Waals surface area contributed by atoms with Gasteiger partial charge in [0.15, 0.2) is 5.69 Å². The smallest absolute Gasteiger partial charge is 0.273 e. The fraction of sp³-hybridized carbons (Fsp3) is 0.211. The number of carbonyl (C=O) groups is 1. The molecule has 0 saturated carbocycles. The SMILES string of the molecule is Cc1ccccc1Oc1ncccc1CNC(=O)c1nn(C)c(C)c1Cl. The molecule has 1 aromatic carbocycles. The van der Waals surface area contributed by atoms with E-state index in [0.29, 0.717) is 10.9 Å². The first-order chi connectivity index (χ1) is 12.5. The molecule has 2 aromatic heterocycles. The zero-order valence-electron chi connectivity index (χ0n) is 14.8. The summed E-state index contributed by atoms with van der Waals surface area (Å²) in [6.07, 6.45) is 1.65. The van der Waals surface area contributed by atoms with Crippen LogP contribution in [0.15, 0.2) is 42.6 Å². The van der Waals surface area contributed by atoms with Crippen molar-refractivity contribution >= 4 is 17.5 Å². The van der Waals surface area contributed by atoms with Crippen LogP contribution in [0.25, 0.3) is 0 Å². The predicted octanol–water partition coefficient (Wildman–Crippen LogP) is 3.81. The number of rotatable bonds is 5. The maximum absolute atomic E-state index is 12.4. The Balaban J connectivity index is 1.75. The third kappa shape index (κ3) is 3.70. The molecule has 0 fully saturated rings. The molecule has 0 aliphatic carbocycles. The summed E-state index contributed by atoms with van der Waals surface area (Å²) in [6, 6.07) is 11.3. The van der Waals surface area contributed by atoms with E-state index in [0.717, 1.165) is 22.6 Å². The number of nitrogens with zero attached hydrogens (tertiary/aromatic N) is 3. The highest BCUT2D eigenvalue weighted by atomic mass is 35.5. The predicted molar refractivity (Wildman–Crippen MR) is 99.6 cm³/mol. The van der Waals surface area contributed by atoms with Crippen molar-refractivity contribution in [2.24, 2.45) is 7.05 Å². The highest BCUT2D eigenvalue weighted by Crippen LogP contribution is 2.26. The van der Waals surface area contributed by atoms with Gasteiger partial charge >= 0.3 is 0 Å². The number of hydrogen-bond donors (Lipinski definition) is 1. The first-order valence-electron chi connectivity index (χ1n) is 8.12. The number of nitrogens with one attached hydrogen (secondary N) is 1. The molecule has 0 saturated heterocycles. The fourth-order valence-electron chi connectivity index (χ4n) is 2.41. The van der Waals surface area contributed by atoms with Crippen LogP contribution in [-0.4, -0.2) is 20.7 Å². The van der Waals surface area contributed by atoms with E-state index in [9.17, 15) is 4.79 Å². The second kappa shape index (κ2) is 7.58. The van der Waals surface area contributed by atoms with Gasteiger partial charge < -0.3 is 10.1 Å². The van der Waals surface area contributed by atoms with Crippen LogP contribution >= 0.6 is 11.6 Å². The van der Waals surface area contributed by atoms with Crippen LogP contribution in [-0.2, 0) is 13.6 Å². The van der Waals surface area contributed by atoms with Crippen LogP contribution in [0.1, 0.15) is 27.3 Å². The third-order valence-corrected chi connectivity index (χ3v) is 4.52. The number of amides is 1. The zero-order chi connectivity index (χ0) is 18.7. The molecular weight excluding hydrogens is 352 g/mol. The van der Waals surface area contributed by atoms with Gasteiger partial charge in [-0.3, -0.25) is 9.48 Å². The van der Waals surface area contributed by atoms with Crippen molar-refractivity contribution in [1.29, 1.82) is 0 Å². The lowest BCUT2D eigenvalue weighted by atomic mass is 10.2. The summed E-state index contributed by atoms with van der Waals surface area (Å²) in [5, 5.41) is 7.32. The van der Waals surface area contributed by atoms with Crippen LogP contribution in [0.2, 0.25) is 5.02 Å². The van der Waals surface area contributed by atoms with Gasteiger partial charge in [-0.15, -0.1) is 0 Å². The van der Waals surface area contributed by atoms with Crippen molar-refractivity contribution in [1.82, 2.24) is 20.1 Å². The third-order valence-electron chi connectivity index (χ3n) is 4.07. The van der Waals surface area contributed by atoms with Gasteiger partial charge in [0.2, 0.25) is 5.88 Å². The molecule has 0 atom stereocenters. The van der Waals surface area contributed by atoms with Gasteiger partial charge in [0.1, 0.15) is 5.75 Å². The molecule has 0 bridgehead atoms. The Labute approximate surface area is 156 Å². The minimum atomic E-state index is -0.343. The Morgan fingerprint density at radius 3 is 2.69 bits per heavy atom. The fourth-order valence-corrected chi connectivity index (χ4v) is 2.66. The van der Waals surface area contributed by atoms with E-state index in [1.165, 1.54) is 0 Å². The molecule has 1 amide bonds. The summed E-state index contributed by atoms with van der Waals surface area (Å²) >= 11 is 6.17. The van der Waals surface area contributed by atoms with E-state index in [4.69, 9.17) is 16.3 Å². The van der Waals surface area contributed by atoms with Crippen LogP contribution in [0, 0.1) is 13.8 Å². The maximum atomic E-state index is 12.4. The number of hydrogen-bond acceptors (Lipinski definition) is 4. The summed E-state index contributed by atoms with van der Waals surface area (Å²) in [5.74, 6) is 0.831. The van der Waals surface area contributed by atoms with Gasteiger partial charge in [-0.25, -0.2) is 4.98 Å². The van der Waals surface area contributed by atoms with Gasteiger partial charge in [0, 0.05) is 25.4 Å². The van der Waals surface area contributed by atoms with Gasteiger partial charge in [-0.2, -0.15) is 5.10 Å². The summed E-state index contributed by atoms with van der Waals surface area (Å²) in [5.41, 5.74) is 2.70. The number of aryl methyl sites for hydroxylation is 2. The van der Waals surface area contributed by atoms with Crippen molar-refractivity contribution in [3.63, 3.8) is 0 Å². The van der Waals surface area contributed by atoms with Crippen LogP contribution in [0.5, 0.6) is 11.6 Å². The number of para-hydroxylation sites is 1. The quantitative estimate of drug-likeness (QED) is 0.741. The second-order valence-electron chi connectivity index (χ2n) is 5.89. The lowest BCUT2D eigenvalue weighted by Gasteiger charge is -2.12. The second-order valence-corrected chi connectivity index (χ2v) is 6.27. The minimum absolute atomic E-state index is 0.205. The lowest BCUT2D eigenvalue weighted by molar-refractivity contribution is 0.0945. The number of ether oxygens (including phenoxy) is 1. The van der Waals surface area contributed by atoms with Gasteiger partial charge in [0.05, 0.1) is 10.7 Å². The van der Waals surface area contributed by atoms with Gasteiger partial charge in [0.25, 0.3) is 5.91 Å². The molecule has 0 unspecified atom stereocenters. The van der Waals surface area contributed by atoms with Gasteiger partial charge in [-0.1, -0.05) is 35.9 Å². The molecule has 1 N–H and O–H groups in total. The van der Waals surface area contributed by atoms with Crippen molar-refractivity contribution in [2.75, 3.05) is 0 Å². The highest BCUT2D eigenvalue weighted by Gasteiger charge is 2.18. The van der Waals surface area contributed by atoms with Gasteiger partial charge in [-0.05, 0) is 31.5 Å². The Kier molecular flexibility index (Phi) is 5.23. The van der Waals surface area contributed by atoms with Crippen LogP contribution < -0.4 is 10.1 Å². The lowest BCUT2D eigenvalue weighted by Crippen LogP contribution is -2.24. The topological polar surface area (TPSA) is 69.0 Å². The molecule has 26 heavy (non-hydrogen) atoms. The van der Waals surface area contributed by atoms with Crippen molar-refractivity contribution in [3.8, 4) is 11.6 Å². The standard InChI is InChI=1S/C19H19ClN4O2/c1-12-7-4-5-9-15(12)26-19-14(8-6-10-21-19)11-22-18(25)17-16(20)13(2)24(3)23-17/h4-10H,11H2,1-3H3,(H,22,25). The van der Waals surface area contributed by atoms with E-state index < -0.39 is 0 Å². The largest absolute Gasteiger partial charge is 0.438 e. The first kappa shape index (κ1) is 17.9. The number of aromatic nitrogens is 3. The zero-order valence-corrected chi connectivity index (χ0v) is 15.5. The average Bonchev–Trinajstić information content (AvgIpc) is 2.90. The Bertz CT molecular complexity index is 952. The normalized spacial score (nSPS) is 10.6. The molecule has 0 aliphatic heterocycles. The van der Waals surface area contributed by atoms with Crippen molar-refractivity contribution in [2.45, 2.75) is 20.4 Å². The number of carbonyl (C=O) groups excluding carboxylic acids is 1. The summed E-state index contributed by atoms with van der Waals surface area (Å²) < 4.78 is 7.49. The molecule has 0 radical (unpaired) electrons. The first-order valence-corrected chi connectivity index (χ1v) is 8.50. The Hall–Kier alpha value is -2.86.